The fraction of sp³-hybridized carbons (Fsp3) is 0.474. The number of nitrogens with one attached hydrogen (secondary N) is 1. The van der Waals surface area contributed by atoms with Crippen LogP contribution in [0.25, 0.3) is 11.1 Å². The average molecular weight is 344 g/mol. The molecule has 0 amide bonds. The highest BCUT2D eigenvalue weighted by Gasteiger charge is 2.38. The molecule has 2 bridgehead atoms. The summed E-state index contributed by atoms with van der Waals surface area (Å²) in [5.41, 5.74) is 1.59. The summed E-state index contributed by atoms with van der Waals surface area (Å²) in [4.78, 5) is 11.4. The largest absolute Gasteiger partial charge is 0.351 e. The van der Waals surface area contributed by atoms with Gasteiger partial charge in [-0.05, 0) is 51.8 Å². The van der Waals surface area contributed by atoms with Gasteiger partial charge in [-0.2, -0.15) is 0 Å². The summed E-state index contributed by atoms with van der Waals surface area (Å²) in [6, 6.07) is 5.22. The van der Waals surface area contributed by atoms with Crippen LogP contribution in [-0.2, 0) is 0 Å². The zero-order valence-corrected chi connectivity index (χ0v) is 14.5. The number of fused-ring (bicyclic) bond motifs is 2. The maximum absolute atomic E-state index is 14.0. The number of nitrogens with zero attached hydrogens (tertiary/aromatic N) is 3. The van der Waals surface area contributed by atoms with Gasteiger partial charge in [0.25, 0.3) is 0 Å². The second-order valence-corrected chi connectivity index (χ2v) is 7.18. The molecule has 2 aromatic rings. The van der Waals surface area contributed by atoms with E-state index in [1.54, 1.807) is 6.20 Å². The molecular weight excluding hydrogens is 322 g/mol. The number of halogens is 2. The lowest BCUT2D eigenvalue weighted by Gasteiger charge is -2.36. The summed E-state index contributed by atoms with van der Waals surface area (Å²) in [6.07, 6.45) is 6.35. The van der Waals surface area contributed by atoms with Crippen molar-refractivity contribution in [3.63, 3.8) is 0 Å². The molecule has 4 rings (SSSR count). The highest BCUT2D eigenvalue weighted by atomic mass is 19.1. The van der Waals surface area contributed by atoms with Crippen LogP contribution in [0, 0.1) is 18.6 Å². The summed E-state index contributed by atoms with van der Waals surface area (Å²) in [7, 11) is 2.21. The van der Waals surface area contributed by atoms with Crippen molar-refractivity contribution in [3.8, 4) is 11.1 Å². The predicted molar refractivity (Wildman–Crippen MR) is 93.3 cm³/mol. The minimum Gasteiger partial charge on any atom is -0.351 e. The quantitative estimate of drug-likeness (QED) is 0.920. The van der Waals surface area contributed by atoms with Crippen molar-refractivity contribution in [2.75, 3.05) is 12.4 Å². The van der Waals surface area contributed by atoms with E-state index in [4.69, 9.17) is 0 Å². The molecule has 0 aliphatic carbocycles. The van der Waals surface area contributed by atoms with Gasteiger partial charge in [0.2, 0.25) is 5.95 Å². The van der Waals surface area contributed by atoms with E-state index in [0.29, 0.717) is 40.9 Å². The van der Waals surface area contributed by atoms with Gasteiger partial charge in [-0.15, -0.1) is 0 Å². The number of hydrogen-bond donors (Lipinski definition) is 1. The van der Waals surface area contributed by atoms with Crippen molar-refractivity contribution in [1.29, 1.82) is 0 Å². The third-order valence-electron chi connectivity index (χ3n) is 5.63. The normalized spacial score (nSPS) is 26.0. The minimum absolute atomic E-state index is 0.322. The first kappa shape index (κ1) is 16.4. The highest BCUT2D eigenvalue weighted by Crippen LogP contribution is 2.35. The molecule has 2 unspecified atom stereocenters. The predicted octanol–water partition coefficient (Wildman–Crippen LogP) is 3.77. The minimum atomic E-state index is -0.598. The first-order chi connectivity index (χ1) is 12.0. The van der Waals surface area contributed by atoms with Crippen LogP contribution in [0.1, 0.15) is 31.4 Å². The van der Waals surface area contributed by atoms with Crippen molar-refractivity contribution in [2.24, 2.45) is 0 Å². The number of aromatic nitrogens is 2. The molecule has 0 spiro atoms. The number of aryl methyl sites for hydroxylation is 1. The van der Waals surface area contributed by atoms with Gasteiger partial charge in [0.15, 0.2) is 0 Å². The van der Waals surface area contributed by atoms with Gasteiger partial charge < -0.3 is 10.2 Å². The number of hydrogen-bond acceptors (Lipinski definition) is 4. The van der Waals surface area contributed by atoms with Crippen LogP contribution >= 0.6 is 0 Å². The lowest BCUT2D eigenvalue weighted by Crippen LogP contribution is -2.44. The van der Waals surface area contributed by atoms with Crippen LogP contribution in [0.5, 0.6) is 0 Å². The summed E-state index contributed by atoms with van der Waals surface area (Å²) in [5.74, 6) is -0.605. The van der Waals surface area contributed by atoms with Crippen molar-refractivity contribution in [1.82, 2.24) is 14.9 Å². The number of rotatable bonds is 3. The van der Waals surface area contributed by atoms with Crippen molar-refractivity contribution >= 4 is 5.95 Å². The summed E-state index contributed by atoms with van der Waals surface area (Å²) in [5, 5.41) is 3.44. The first-order valence-electron chi connectivity index (χ1n) is 8.79. The van der Waals surface area contributed by atoms with Gasteiger partial charge in [0.1, 0.15) is 11.6 Å². The van der Waals surface area contributed by atoms with Gasteiger partial charge in [-0.1, -0.05) is 0 Å². The Labute approximate surface area is 146 Å². The van der Waals surface area contributed by atoms with Gasteiger partial charge in [0, 0.05) is 41.5 Å². The number of benzene rings is 1. The van der Waals surface area contributed by atoms with E-state index < -0.39 is 11.6 Å². The van der Waals surface area contributed by atoms with Crippen LogP contribution in [-0.4, -0.2) is 40.0 Å². The molecule has 0 saturated carbocycles. The first-order valence-corrected chi connectivity index (χ1v) is 8.79. The second kappa shape index (κ2) is 6.33. The third-order valence-corrected chi connectivity index (χ3v) is 5.63. The Morgan fingerprint density at radius 1 is 1.12 bits per heavy atom. The number of piperidine rings is 1. The Bertz CT molecular complexity index is 781. The Morgan fingerprint density at radius 2 is 1.84 bits per heavy atom. The van der Waals surface area contributed by atoms with Crippen LogP contribution in [0.2, 0.25) is 0 Å². The van der Waals surface area contributed by atoms with E-state index in [2.05, 4.69) is 27.2 Å². The molecule has 25 heavy (non-hydrogen) atoms. The zero-order chi connectivity index (χ0) is 17.6. The maximum atomic E-state index is 14.0. The molecule has 2 aliphatic rings. The molecule has 3 heterocycles. The van der Waals surface area contributed by atoms with E-state index in [0.717, 1.165) is 18.9 Å². The van der Waals surface area contributed by atoms with Crippen LogP contribution in [0.15, 0.2) is 24.4 Å². The Hall–Kier alpha value is -2.08. The Morgan fingerprint density at radius 3 is 2.48 bits per heavy atom. The van der Waals surface area contributed by atoms with Crippen molar-refractivity contribution < 1.29 is 8.78 Å². The Kier molecular flexibility index (Phi) is 4.15. The monoisotopic (exact) mass is 344 g/mol. The molecule has 4 nitrogen and oxygen atoms in total. The van der Waals surface area contributed by atoms with E-state index >= 15 is 0 Å². The summed E-state index contributed by atoms with van der Waals surface area (Å²) >= 11 is 0. The molecule has 2 saturated heterocycles. The molecule has 2 aliphatic heterocycles. The van der Waals surface area contributed by atoms with E-state index in [-0.39, 0.29) is 0 Å². The second-order valence-electron chi connectivity index (χ2n) is 7.18. The highest BCUT2D eigenvalue weighted by molar-refractivity contribution is 5.66. The SMILES string of the molecule is Cc1nc(NC2CC3CCC(C2)N3C)ncc1-c1ccc(F)cc1F. The summed E-state index contributed by atoms with van der Waals surface area (Å²) in [6.45, 7) is 1.82. The zero-order valence-electron chi connectivity index (χ0n) is 14.5. The van der Waals surface area contributed by atoms with E-state index in [1.165, 1.54) is 25.0 Å². The van der Waals surface area contributed by atoms with E-state index in [9.17, 15) is 8.78 Å². The third kappa shape index (κ3) is 3.11. The lowest BCUT2D eigenvalue weighted by atomic mass is 9.98. The van der Waals surface area contributed by atoms with Crippen LogP contribution in [0.4, 0.5) is 14.7 Å². The van der Waals surface area contributed by atoms with Gasteiger partial charge in [-0.3, -0.25) is 0 Å². The fourth-order valence-corrected chi connectivity index (χ4v) is 4.22. The standard InChI is InChI=1S/C19H22F2N4/c1-11-17(16-6-3-12(20)7-18(16)21)10-22-19(23-11)24-13-8-14-4-5-15(9-13)25(14)2/h3,6-7,10,13-15H,4-5,8-9H2,1-2H3,(H,22,23,24). The molecule has 2 atom stereocenters. The number of anilines is 1. The molecule has 1 N–H and O–H groups in total. The van der Waals surface area contributed by atoms with Gasteiger partial charge in [-0.25, -0.2) is 18.7 Å². The smallest absolute Gasteiger partial charge is 0.223 e. The van der Waals surface area contributed by atoms with Crippen LogP contribution in [0.3, 0.4) is 0 Å². The molecule has 1 aromatic carbocycles. The molecule has 0 radical (unpaired) electrons. The van der Waals surface area contributed by atoms with Crippen LogP contribution < -0.4 is 5.32 Å². The van der Waals surface area contributed by atoms with Gasteiger partial charge >= 0.3 is 0 Å². The molecule has 132 valence electrons. The van der Waals surface area contributed by atoms with E-state index in [1.807, 2.05) is 6.92 Å². The average Bonchev–Trinajstić information content (AvgIpc) is 2.78. The van der Waals surface area contributed by atoms with Gasteiger partial charge in [0.05, 0.1) is 5.69 Å². The molecule has 2 fully saturated rings. The topological polar surface area (TPSA) is 41.1 Å². The van der Waals surface area contributed by atoms with Crippen molar-refractivity contribution in [3.05, 3.63) is 41.7 Å². The molecule has 6 heteroatoms. The maximum Gasteiger partial charge on any atom is 0.223 e. The summed E-state index contributed by atoms with van der Waals surface area (Å²) < 4.78 is 27.1. The lowest BCUT2D eigenvalue weighted by molar-refractivity contribution is 0.168. The fourth-order valence-electron chi connectivity index (χ4n) is 4.22. The molecular formula is C19H22F2N4. The van der Waals surface area contributed by atoms with Crippen molar-refractivity contribution in [2.45, 2.75) is 50.7 Å². The molecule has 1 aromatic heterocycles. The Balaban J connectivity index is 1.52.